The maximum absolute atomic E-state index is 9.08. The zero-order chi connectivity index (χ0) is 15.1. The average molecular weight is 280 g/mol. The van der Waals surface area contributed by atoms with E-state index in [0.717, 1.165) is 0 Å². The first-order valence-electron chi connectivity index (χ1n) is 6.16. The third kappa shape index (κ3) is 4.96. The van der Waals surface area contributed by atoms with E-state index in [1.165, 1.54) is 5.56 Å². The van der Waals surface area contributed by atoms with Crippen LogP contribution in [0.1, 0.15) is 30.2 Å². The second kappa shape index (κ2) is 7.59. The lowest BCUT2D eigenvalue weighted by Crippen LogP contribution is -2.24. The second-order valence-electron chi connectivity index (χ2n) is 4.35. The second-order valence-corrected chi connectivity index (χ2v) is 4.35. The molecule has 0 bridgehead atoms. The first-order chi connectivity index (χ1) is 9.43. The Balaban J connectivity index is 0.000000217. The molecule has 7 nitrogen and oxygen atoms in total. The molecule has 110 valence electrons. The number of nitrogens with two attached hydrogens (primary N) is 2. The fourth-order valence-corrected chi connectivity index (χ4v) is 1.25. The molecule has 7 heteroatoms. The van der Waals surface area contributed by atoms with Crippen LogP contribution in [0, 0.1) is 6.92 Å². The van der Waals surface area contributed by atoms with Crippen LogP contribution in [0.5, 0.6) is 5.75 Å². The Kier molecular flexibility index (Phi) is 6.10. The summed E-state index contributed by atoms with van der Waals surface area (Å²) in [6.07, 6.45) is -0.701. The van der Waals surface area contributed by atoms with Crippen molar-refractivity contribution in [2.75, 3.05) is 0 Å². The van der Waals surface area contributed by atoms with Gasteiger partial charge in [-0.2, -0.15) is 4.98 Å². The number of nitrogens with zero attached hydrogens (tertiary/aromatic N) is 2. The third-order valence-electron chi connectivity index (χ3n) is 2.51. The van der Waals surface area contributed by atoms with Gasteiger partial charge in [-0.1, -0.05) is 22.9 Å². The fraction of sp³-hybridized carbons (Fsp3) is 0.385. The van der Waals surface area contributed by atoms with Gasteiger partial charge in [0.05, 0.1) is 18.7 Å². The zero-order valence-corrected chi connectivity index (χ0v) is 11.5. The number of aromatic nitrogens is 2. The van der Waals surface area contributed by atoms with Gasteiger partial charge in [-0.15, -0.1) is 0 Å². The predicted octanol–water partition coefficient (Wildman–Crippen LogP) is 0.610. The van der Waals surface area contributed by atoms with Gasteiger partial charge >= 0.3 is 0 Å². The number of hydrogen-bond acceptors (Lipinski definition) is 7. The van der Waals surface area contributed by atoms with Gasteiger partial charge in [0, 0.05) is 0 Å². The molecular formula is C13H20N4O3. The normalized spacial score (nSPS) is 13.2. The van der Waals surface area contributed by atoms with E-state index in [0.29, 0.717) is 11.6 Å². The molecule has 2 unspecified atom stereocenters. The van der Waals surface area contributed by atoms with Crippen molar-refractivity contribution >= 4 is 0 Å². The van der Waals surface area contributed by atoms with Crippen LogP contribution in [0.2, 0.25) is 0 Å². The lowest BCUT2D eigenvalue weighted by Gasteiger charge is -2.08. The van der Waals surface area contributed by atoms with Gasteiger partial charge in [0.2, 0.25) is 5.89 Å². The molecule has 0 amide bonds. The van der Waals surface area contributed by atoms with Crippen LogP contribution in [0.25, 0.3) is 0 Å². The van der Waals surface area contributed by atoms with Crippen molar-refractivity contribution in [3.05, 3.63) is 41.5 Å². The highest BCUT2D eigenvalue weighted by Gasteiger charge is 2.17. The van der Waals surface area contributed by atoms with E-state index in [1.54, 1.807) is 19.1 Å². The van der Waals surface area contributed by atoms with Crippen molar-refractivity contribution in [2.45, 2.75) is 32.5 Å². The predicted molar refractivity (Wildman–Crippen MR) is 73.6 cm³/mol. The Hall–Kier alpha value is -1.96. The van der Waals surface area contributed by atoms with Crippen molar-refractivity contribution in [1.82, 2.24) is 10.1 Å². The standard InChI is InChI=1S/C7H8O.C6H12N4O2/c1-6-2-4-7(8)5-3-6;1-3(11)5(8)6-9-4(2-7)12-10-6/h2-5,8H,1H3;3,5,11H,2,7-8H2,1H3. The number of rotatable bonds is 3. The summed E-state index contributed by atoms with van der Waals surface area (Å²) in [7, 11) is 0. The molecule has 0 saturated heterocycles. The lowest BCUT2D eigenvalue weighted by molar-refractivity contribution is 0.159. The molecule has 0 radical (unpaired) electrons. The topological polar surface area (TPSA) is 131 Å². The van der Waals surface area contributed by atoms with Gasteiger partial charge < -0.3 is 26.2 Å². The molecular weight excluding hydrogens is 260 g/mol. The Morgan fingerprint density at radius 1 is 1.30 bits per heavy atom. The van der Waals surface area contributed by atoms with E-state index in [4.69, 9.17) is 26.2 Å². The Bertz CT molecular complexity index is 490. The van der Waals surface area contributed by atoms with Gasteiger partial charge in [0.25, 0.3) is 0 Å². The van der Waals surface area contributed by atoms with E-state index < -0.39 is 12.1 Å². The van der Waals surface area contributed by atoms with Crippen molar-refractivity contribution in [2.24, 2.45) is 11.5 Å². The van der Waals surface area contributed by atoms with Crippen LogP contribution in [0.3, 0.4) is 0 Å². The summed E-state index contributed by atoms with van der Waals surface area (Å²) in [6, 6.07) is 6.48. The maximum Gasteiger partial charge on any atom is 0.240 e. The quantitative estimate of drug-likeness (QED) is 0.647. The highest BCUT2D eigenvalue weighted by Crippen LogP contribution is 2.09. The van der Waals surface area contributed by atoms with Gasteiger partial charge in [-0.05, 0) is 26.0 Å². The highest BCUT2D eigenvalue weighted by molar-refractivity contribution is 5.24. The zero-order valence-electron chi connectivity index (χ0n) is 11.5. The van der Waals surface area contributed by atoms with E-state index in [2.05, 4.69) is 10.1 Å². The Labute approximate surface area is 117 Å². The van der Waals surface area contributed by atoms with Crippen molar-refractivity contribution in [3.8, 4) is 5.75 Å². The van der Waals surface area contributed by atoms with E-state index in [1.807, 2.05) is 19.1 Å². The fourth-order valence-electron chi connectivity index (χ4n) is 1.25. The number of aryl methyl sites for hydroxylation is 1. The largest absolute Gasteiger partial charge is 0.508 e. The first kappa shape index (κ1) is 16.1. The van der Waals surface area contributed by atoms with E-state index >= 15 is 0 Å². The summed E-state index contributed by atoms with van der Waals surface area (Å²) in [5.41, 5.74) is 11.9. The molecule has 1 aromatic carbocycles. The molecule has 0 aliphatic rings. The molecule has 2 rings (SSSR count). The minimum atomic E-state index is -0.701. The van der Waals surface area contributed by atoms with Gasteiger partial charge in [0.1, 0.15) is 5.75 Å². The van der Waals surface area contributed by atoms with Crippen LogP contribution >= 0.6 is 0 Å². The monoisotopic (exact) mass is 280 g/mol. The number of benzene rings is 1. The number of aromatic hydroxyl groups is 1. The van der Waals surface area contributed by atoms with Crippen LogP contribution < -0.4 is 11.5 Å². The maximum atomic E-state index is 9.08. The summed E-state index contributed by atoms with van der Waals surface area (Å²) in [4.78, 5) is 3.86. The van der Waals surface area contributed by atoms with E-state index in [9.17, 15) is 0 Å². The SMILES string of the molecule is CC(O)C(N)c1noc(CN)n1.Cc1ccc(O)cc1. The van der Waals surface area contributed by atoms with Crippen LogP contribution in [-0.2, 0) is 6.54 Å². The minimum absolute atomic E-state index is 0.180. The molecule has 2 aromatic rings. The summed E-state index contributed by atoms with van der Waals surface area (Å²) >= 11 is 0. The van der Waals surface area contributed by atoms with Crippen molar-refractivity contribution < 1.29 is 14.7 Å². The van der Waals surface area contributed by atoms with Gasteiger partial charge in [-0.25, -0.2) is 0 Å². The highest BCUT2D eigenvalue weighted by atomic mass is 16.5. The average Bonchev–Trinajstić information content (AvgIpc) is 2.90. The number of phenolic OH excluding ortho intramolecular Hbond substituents is 1. The smallest absolute Gasteiger partial charge is 0.240 e. The summed E-state index contributed by atoms with van der Waals surface area (Å²) in [5, 5.41) is 21.4. The molecule has 2 atom stereocenters. The number of hydrogen-bond donors (Lipinski definition) is 4. The Morgan fingerprint density at radius 3 is 2.30 bits per heavy atom. The van der Waals surface area contributed by atoms with Crippen molar-refractivity contribution in [3.63, 3.8) is 0 Å². The van der Waals surface area contributed by atoms with Crippen molar-refractivity contribution in [1.29, 1.82) is 0 Å². The summed E-state index contributed by atoms with van der Waals surface area (Å²) in [6.45, 7) is 3.72. The summed E-state index contributed by atoms with van der Waals surface area (Å²) in [5.74, 6) is 0.933. The molecule has 1 heterocycles. The minimum Gasteiger partial charge on any atom is -0.508 e. The molecule has 0 aliphatic heterocycles. The molecule has 0 aliphatic carbocycles. The van der Waals surface area contributed by atoms with Gasteiger partial charge in [-0.3, -0.25) is 0 Å². The number of aliphatic hydroxyl groups is 1. The van der Waals surface area contributed by atoms with Crippen LogP contribution in [0.4, 0.5) is 0 Å². The molecule has 1 aromatic heterocycles. The van der Waals surface area contributed by atoms with Crippen LogP contribution in [-0.4, -0.2) is 26.5 Å². The molecule has 6 N–H and O–H groups in total. The summed E-state index contributed by atoms with van der Waals surface area (Å²) < 4.78 is 4.71. The molecule has 0 fully saturated rings. The first-order valence-corrected chi connectivity index (χ1v) is 6.16. The number of phenols is 1. The lowest BCUT2D eigenvalue weighted by atomic mass is 10.2. The molecule has 0 spiro atoms. The number of aliphatic hydroxyl groups excluding tert-OH is 1. The van der Waals surface area contributed by atoms with Crippen LogP contribution in [0.15, 0.2) is 28.8 Å². The van der Waals surface area contributed by atoms with E-state index in [-0.39, 0.29) is 12.4 Å². The third-order valence-corrected chi connectivity index (χ3v) is 2.51. The Morgan fingerprint density at radius 2 is 1.90 bits per heavy atom. The molecule has 0 saturated carbocycles. The van der Waals surface area contributed by atoms with Gasteiger partial charge in [0.15, 0.2) is 5.82 Å². The molecule has 20 heavy (non-hydrogen) atoms.